The molecule has 1 aromatic carbocycles. The van der Waals surface area contributed by atoms with Crippen molar-refractivity contribution in [3.63, 3.8) is 0 Å². The predicted octanol–water partition coefficient (Wildman–Crippen LogP) is 2.71. The lowest BCUT2D eigenvalue weighted by molar-refractivity contribution is 0.0323. The topological polar surface area (TPSA) is 58.1 Å². The summed E-state index contributed by atoms with van der Waals surface area (Å²) in [7, 11) is 1.70. The highest BCUT2D eigenvalue weighted by Crippen LogP contribution is 2.21. The van der Waals surface area contributed by atoms with Crippen LogP contribution in [0.4, 0.5) is 0 Å². The van der Waals surface area contributed by atoms with Gasteiger partial charge < -0.3 is 20.1 Å². The van der Waals surface area contributed by atoms with Crippen LogP contribution in [0.2, 0.25) is 0 Å². The number of hydrogen-bond donors (Lipinski definition) is 2. The maximum Gasteiger partial charge on any atom is 0.191 e. The van der Waals surface area contributed by atoms with Crippen LogP contribution in [0, 0.1) is 5.92 Å². The van der Waals surface area contributed by atoms with Gasteiger partial charge in [-0.25, -0.2) is 0 Å². The van der Waals surface area contributed by atoms with Crippen LogP contribution >= 0.6 is 0 Å². The Balaban J connectivity index is 1.74. The van der Waals surface area contributed by atoms with Crippen molar-refractivity contribution < 1.29 is 9.47 Å². The lowest BCUT2D eigenvalue weighted by Crippen LogP contribution is -2.40. The number of benzene rings is 1. The van der Waals surface area contributed by atoms with E-state index < -0.39 is 0 Å². The number of nitrogens with zero attached hydrogens (tertiary/aromatic N) is 2. The highest BCUT2D eigenvalue weighted by molar-refractivity contribution is 5.79. The zero-order valence-corrected chi connectivity index (χ0v) is 18.0. The van der Waals surface area contributed by atoms with Gasteiger partial charge in [-0.2, -0.15) is 0 Å². The Morgan fingerprint density at radius 3 is 2.54 bits per heavy atom. The van der Waals surface area contributed by atoms with E-state index in [1.54, 1.807) is 7.11 Å². The van der Waals surface area contributed by atoms with E-state index in [1.807, 2.05) is 12.1 Å². The lowest BCUT2D eigenvalue weighted by Gasteiger charge is -2.28. The van der Waals surface area contributed by atoms with Crippen molar-refractivity contribution in [1.29, 1.82) is 0 Å². The lowest BCUT2D eigenvalue weighted by atomic mass is 9.98. The minimum absolute atomic E-state index is 0.488. The Labute approximate surface area is 170 Å². The van der Waals surface area contributed by atoms with Gasteiger partial charge in [0.1, 0.15) is 5.75 Å². The third kappa shape index (κ3) is 8.07. The van der Waals surface area contributed by atoms with Gasteiger partial charge in [-0.1, -0.05) is 26.0 Å². The molecule has 0 spiro atoms. The van der Waals surface area contributed by atoms with Crippen LogP contribution in [-0.4, -0.2) is 70.5 Å². The second kappa shape index (κ2) is 12.6. The van der Waals surface area contributed by atoms with E-state index in [9.17, 15) is 0 Å². The molecule has 1 fully saturated rings. The fourth-order valence-electron chi connectivity index (χ4n) is 3.38. The van der Waals surface area contributed by atoms with Gasteiger partial charge in [0.2, 0.25) is 0 Å². The summed E-state index contributed by atoms with van der Waals surface area (Å²) in [6.07, 6.45) is 1.06. The Kier molecular flexibility index (Phi) is 10.1. The largest absolute Gasteiger partial charge is 0.497 e. The molecule has 0 aromatic heterocycles. The molecule has 6 nitrogen and oxygen atoms in total. The first-order chi connectivity index (χ1) is 13.6. The molecule has 6 heteroatoms. The predicted molar refractivity (Wildman–Crippen MR) is 116 cm³/mol. The van der Waals surface area contributed by atoms with Gasteiger partial charge in [0.25, 0.3) is 0 Å². The van der Waals surface area contributed by atoms with Crippen LogP contribution < -0.4 is 15.4 Å². The van der Waals surface area contributed by atoms with Crippen LogP contribution in [0.3, 0.4) is 0 Å². The number of hydrogen-bond acceptors (Lipinski definition) is 4. The molecule has 1 aromatic rings. The first-order valence-corrected chi connectivity index (χ1v) is 10.6. The number of guanidine groups is 1. The van der Waals surface area contributed by atoms with Crippen LogP contribution in [-0.2, 0) is 4.74 Å². The van der Waals surface area contributed by atoms with Gasteiger partial charge in [0.05, 0.1) is 20.3 Å². The van der Waals surface area contributed by atoms with E-state index in [4.69, 9.17) is 14.5 Å². The van der Waals surface area contributed by atoms with Gasteiger partial charge in [-0.15, -0.1) is 0 Å². The molecule has 1 aliphatic heterocycles. The molecule has 0 saturated carbocycles. The molecular formula is C22H38N4O2. The number of ether oxygens (including phenoxy) is 2. The van der Waals surface area contributed by atoms with Gasteiger partial charge in [0.15, 0.2) is 5.96 Å². The van der Waals surface area contributed by atoms with Crippen LogP contribution in [0.25, 0.3) is 0 Å². The second-order valence-electron chi connectivity index (χ2n) is 7.63. The number of aliphatic imine (C=N–C) groups is 1. The van der Waals surface area contributed by atoms with Crippen molar-refractivity contribution in [1.82, 2.24) is 15.5 Å². The normalized spacial score (nSPS) is 17.8. The first-order valence-electron chi connectivity index (χ1n) is 10.6. The molecule has 2 N–H and O–H groups in total. The van der Waals surface area contributed by atoms with Gasteiger partial charge in [-0.05, 0) is 42.9 Å². The Bertz CT molecular complexity index is 570. The van der Waals surface area contributed by atoms with Crippen LogP contribution in [0.15, 0.2) is 29.3 Å². The highest BCUT2D eigenvalue weighted by Gasteiger charge is 2.13. The maximum absolute atomic E-state index is 5.42. The molecule has 2 unspecified atom stereocenters. The summed E-state index contributed by atoms with van der Waals surface area (Å²) in [5.74, 6) is 2.84. The van der Waals surface area contributed by atoms with E-state index in [1.165, 1.54) is 5.56 Å². The summed E-state index contributed by atoms with van der Waals surface area (Å²) in [6, 6.07) is 8.35. The standard InChI is InChI=1S/C22H38N4O2/c1-5-23-22(25-16-18(2)17-26-12-14-28-15-13-26)24-11-10-19(3)20-6-8-21(27-4)9-7-20/h6-9,18-19H,5,10-17H2,1-4H3,(H2,23,24,25). The van der Waals surface area contributed by atoms with Crippen molar-refractivity contribution >= 4 is 5.96 Å². The molecular weight excluding hydrogens is 352 g/mol. The van der Waals surface area contributed by atoms with Gasteiger partial charge >= 0.3 is 0 Å². The highest BCUT2D eigenvalue weighted by atomic mass is 16.5. The van der Waals surface area contributed by atoms with Crippen molar-refractivity contribution in [3.8, 4) is 5.75 Å². The van der Waals surface area contributed by atoms with E-state index in [0.29, 0.717) is 11.8 Å². The summed E-state index contributed by atoms with van der Waals surface area (Å²) < 4.78 is 10.7. The van der Waals surface area contributed by atoms with E-state index >= 15 is 0 Å². The summed E-state index contributed by atoms with van der Waals surface area (Å²) in [5, 5.41) is 6.84. The average molecular weight is 391 g/mol. The van der Waals surface area contributed by atoms with Gasteiger partial charge in [0, 0.05) is 39.3 Å². The first kappa shape index (κ1) is 22.5. The summed E-state index contributed by atoms with van der Waals surface area (Å²) in [4.78, 5) is 7.26. The number of rotatable bonds is 10. The molecule has 0 aliphatic carbocycles. The number of morpholine rings is 1. The molecule has 28 heavy (non-hydrogen) atoms. The summed E-state index contributed by atoms with van der Waals surface area (Å²) >= 11 is 0. The smallest absolute Gasteiger partial charge is 0.191 e. The third-order valence-corrected chi connectivity index (χ3v) is 5.13. The molecule has 0 amide bonds. The van der Waals surface area contributed by atoms with Crippen LogP contribution in [0.5, 0.6) is 5.75 Å². The van der Waals surface area contributed by atoms with Crippen molar-refractivity contribution in [2.75, 3.05) is 59.6 Å². The van der Waals surface area contributed by atoms with Crippen molar-refractivity contribution in [2.24, 2.45) is 10.9 Å². The SMILES string of the molecule is CCNC(=NCC(C)CN1CCOCC1)NCCC(C)c1ccc(OC)cc1. The third-order valence-electron chi connectivity index (χ3n) is 5.13. The molecule has 0 bridgehead atoms. The van der Waals surface area contributed by atoms with Crippen LogP contribution in [0.1, 0.15) is 38.7 Å². The minimum atomic E-state index is 0.488. The Morgan fingerprint density at radius 1 is 1.18 bits per heavy atom. The van der Waals surface area contributed by atoms with Crippen molar-refractivity contribution in [2.45, 2.75) is 33.1 Å². The molecule has 1 aliphatic rings. The fraction of sp³-hybridized carbons (Fsp3) is 0.682. The van der Waals surface area contributed by atoms with E-state index in [-0.39, 0.29) is 0 Å². The number of methoxy groups -OCH3 is 1. The quantitative estimate of drug-likeness (QED) is 0.475. The van der Waals surface area contributed by atoms with Crippen molar-refractivity contribution in [3.05, 3.63) is 29.8 Å². The second-order valence-corrected chi connectivity index (χ2v) is 7.63. The van der Waals surface area contributed by atoms with E-state index in [2.05, 4.69) is 48.4 Å². The molecule has 1 saturated heterocycles. The summed E-state index contributed by atoms with van der Waals surface area (Å²) in [6.45, 7) is 14.1. The molecule has 2 atom stereocenters. The molecule has 1 heterocycles. The Morgan fingerprint density at radius 2 is 1.89 bits per heavy atom. The number of nitrogens with one attached hydrogen (secondary N) is 2. The average Bonchev–Trinajstić information content (AvgIpc) is 2.72. The zero-order valence-electron chi connectivity index (χ0n) is 18.0. The minimum Gasteiger partial charge on any atom is -0.497 e. The monoisotopic (exact) mass is 390 g/mol. The molecule has 0 radical (unpaired) electrons. The fourth-order valence-corrected chi connectivity index (χ4v) is 3.38. The van der Waals surface area contributed by atoms with E-state index in [0.717, 1.165) is 70.6 Å². The molecule has 158 valence electrons. The maximum atomic E-state index is 5.42. The zero-order chi connectivity index (χ0) is 20.2. The Hall–Kier alpha value is -1.79. The van der Waals surface area contributed by atoms with Gasteiger partial charge in [-0.3, -0.25) is 9.89 Å². The summed E-state index contributed by atoms with van der Waals surface area (Å²) in [5.41, 5.74) is 1.34. The molecule has 2 rings (SSSR count).